The van der Waals surface area contributed by atoms with Crippen molar-refractivity contribution in [3.63, 3.8) is 0 Å². The third kappa shape index (κ3) is 4.64. The average molecular weight is 391 g/mol. The summed E-state index contributed by atoms with van der Waals surface area (Å²) in [5, 5.41) is 18.3. The van der Waals surface area contributed by atoms with Crippen LogP contribution in [0.4, 0.5) is 0 Å². The maximum Gasteiger partial charge on any atom is 0.327 e. The number of para-hydroxylation sites is 1. The maximum atomic E-state index is 12.6. The Hall–Kier alpha value is -3.59. The topological polar surface area (TPSA) is 96.6 Å². The van der Waals surface area contributed by atoms with Crippen LogP contribution in [0.3, 0.4) is 0 Å². The van der Waals surface area contributed by atoms with Gasteiger partial charge in [0.05, 0.1) is 5.92 Å². The molecule has 6 nitrogen and oxygen atoms in total. The molecule has 2 aromatic carbocycles. The van der Waals surface area contributed by atoms with Crippen LogP contribution in [0.2, 0.25) is 0 Å². The molecule has 0 bridgehead atoms. The van der Waals surface area contributed by atoms with Crippen LogP contribution < -0.4 is 4.74 Å². The number of carboxylic acids is 1. The summed E-state index contributed by atoms with van der Waals surface area (Å²) in [4.78, 5) is 23.3. The van der Waals surface area contributed by atoms with Gasteiger partial charge in [-0.3, -0.25) is 4.79 Å². The minimum absolute atomic E-state index is 0.238. The average Bonchev–Trinajstić information content (AvgIpc) is 3.26. The number of hydrogen-bond donors (Lipinski definition) is 1. The number of carboxylic acid groups (broad SMARTS) is 1. The Bertz CT molecular complexity index is 974. The summed E-state index contributed by atoms with van der Waals surface area (Å²) in [6.45, 7) is 3.73. The van der Waals surface area contributed by atoms with Gasteiger partial charge < -0.3 is 14.6 Å². The third-order valence-corrected chi connectivity index (χ3v) is 5.10. The van der Waals surface area contributed by atoms with Crippen LogP contribution >= 0.6 is 0 Å². The van der Waals surface area contributed by atoms with Crippen molar-refractivity contribution in [2.24, 2.45) is 17.3 Å². The highest BCUT2D eigenvalue weighted by Gasteiger charge is 2.61. The van der Waals surface area contributed by atoms with E-state index in [0.717, 1.165) is 6.08 Å². The molecule has 0 aliphatic heterocycles. The molecule has 0 radical (unpaired) electrons. The fourth-order valence-corrected chi connectivity index (χ4v) is 3.40. The Labute approximate surface area is 169 Å². The molecule has 0 heterocycles. The largest absolute Gasteiger partial charge is 0.478 e. The number of carbonyl (C=O) groups is 2. The van der Waals surface area contributed by atoms with E-state index in [4.69, 9.17) is 14.6 Å². The van der Waals surface area contributed by atoms with Crippen LogP contribution in [0.1, 0.15) is 25.5 Å². The van der Waals surface area contributed by atoms with Gasteiger partial charge in [-0.1, -0.05) is 50.3 Å². The third-order valence-electron chi connectivity index (χ3n) is 5.10. The Morgan fingerprint density at radius 1 is 1.14 bits per heavy atom. The van der Waals surface area contributed by atoms with Crippen LogP contribution in [0, 0.1) is 28.6 Å². The molecule has 0 amide bonds. The van der Waals surface area contributed by atoms with E-state index in [-0.39, 0.29) is 5.92 Å². The second-order valence-corrected chi connectivity index (χ2v) is 7.46. The molecule has 1 saturated carbocycles. The molecule has 148 valence electrons. The molecule has 1 aliphatic carbocycles. The standard InChI is InChI=1S/C23H21NO5/c1-23(2)18(11-12-20(25)26)21(23)22(27)29-19(14-24)15-7-6-10-17(13-15)28-16-8-4-3-5-9-16/h3-13,18-19,21H,1-2H3,(H,25,26)/t18-,19-,21-/m0/s1. The van der Waals surface area contributed by atoms with Crippen molar-refractivity contribution >= 4 is 11.9 Å². The highest BCUT2D eigenvalue weighted by atomic mass is 16.5. The van der Waals surface area contributed by atoms with Crippen molar-refractivity contribution in [2.45, 2.75) is 20.0 Å². The molecular formula is C23H21NO5. The Balaban J connectivity index is 1.70. The van der Waals surface area contributed by atoms with Gasteiger partial charge in [-0.15, -0.1) is 0 Å². The quantitative estimate of drug-likeness (QED) is 0.551. The van der Waals surface area contributed by atoms with Gasteiger partial charge in [0.15, 0.2) is 0 Å². The first-order chi connectivity index (χ1) is 13.8. The van der Waals surface area contributed by atoms with E-state index in [2.05, 4.69) is 0 Å². The molecule has 29 heavy (non-hydrogen) atoms. The Kier molecular flexibility index (Phi) is 5.69. The monoisotopic (exact) mass is 391 g/mol. The number of carbonyl (C=O) groups excluding carboxylic acids is 1. The van der Waals surface area contributed by atoms with Crippen LogP contribution in [-0.4, -0.2) is 17.0 Å². The minimum atomic E-state index is -1.08. The first-order valence-corrected chi connectivity index (χ1v) is 9.17. The summed E-state index contributed by atoms with van der Waals surface area (Å²) in [7, 11) is 0. The molecule has 0 unspecified atom stereocenters. The molecule has 1 fully saturated rings. The van der Waals surface area contributed by atoms with E-state index in [9.17, 15) is 14.9 Å². The first kappa shape index (κ1) is 20.2. The van der Waals surface area contributed by atoms with Gasteiger partial charge in [0.1, 0.15) is 17.6 Å². The Morgan fingerprint density at radius 2 is 1.83 bits per heavy atom. The summed E-state index contributed by atoms with van der Waals surface area (Å²) in [6.07, 6.45) is 1.46. The highest BCUT2D eigenvalue weighted by Crippen LogP contribution is 2.59. The van der Waals surface area contributed by atoms with Crippen molar-refractivity contribution in [1.29, 1.82) is 5.26 Å². The van der Waals surface area contributed by atoms with E-state index in [1.54, 1.807) is 24.3 Å². The number of aliphatic carboxylic acids is 1. The lowest BCUT2D eigenvalue weighted by Gasteiger charge is -2.13. The van der Waals surface area contributed by atoms with Gasteiger partial charge in [-0.25, -0.2) is 4.79 Å². The second kappa shape index (κ2) is 8.19. The molecule has 0 aromatic heterocycles. The molecule has 1 N–H and O–H groups in total. The maximum absolute atomic E-state index is 12.6. The van der Waals surface area contributed by atoms with Crippen LogP contribution in [0.15, 0.2) is 66.7 Å². The van der Waals surface area contributed by atoms with E-state index in [1.165, 1.54) is 6.08 Å². The lowest BCUT2D eigenvalue weighted by Crippen LogP contribution is -2.14. The number of nitrogens with zero attached hydrogens (tertiary/aromatic N) is 1. The van der Waals surface area contributed by atoms with E-state index in [1.807, 2.05) is 50.2 Å². The smallest absolute Gasteiger partial charge is 0.327 e. The number of nitriles is 1. The van der Waals surface area contributed by atoms with Crippen molar-refractivity contribution in [2.75, 3.05) is 0 Å². The minimum Gasteiger partial charge on any atom is -0.478 e. The summed E-state index contributed by atoms with van der Waals surface area (Å²) in [5.74, 6) is -1.13. The zero-order chi connectivity index (χ0) is 21.0. The molecule has 0 spiro atoms. The second-order valence-electron chi connectivity index (χ2n) is 7.46. The number of ether oxygens (including phenoxy) is 2. The van der Waals surface area contributed by atoms with Crippen LogP contribution in [0.25, 0.3) is 0 Å². The molecule has 2 aromatic rings. The van der Waals surface area contributed by atoms with Gasteiger partial charge in [-0.05, 0) is 35.6 Å². The number of allylic oxidation sites excluding steroid dienone is 1. The van der Waals surface area contributed by atoms with Gasteiger partial charge in [0.25, 0.3) is 0 Å². The fourth-order valence-electron chi connectivity index (χ4n) is 3.40. The van der Waals surface area contributed by atoms with E-state index < -0.39 is 29.4 Å². The summed E-state index contributed by atoms with van der Waals surface area (Å²) in [5.41, 5.74) is 0.0896. The number of hydrogen-bond acceptors (Lipinski definition) is 5. The van der Waals surface area contributed by atoms with Gasteiger partial charge >= 0.3 is 11.9 Å². The zero-order valence-electron chi connectivity index (χ0n) is 16.1. The molecule has 1 aliphatic rings. The van der Waals surface area contributed by atoms with Gasteiger partial charge in [0, 0.05) is 11.6 Å². The number of benzene rings is 2. The first-order valence-electron chi connectivity index (χ1n) is 9.17. The highest BCUT2D eigenvalue weighted by molar-refractivity contribution is 5.82. The number of esters is 1. The van der Waals surface area contributed by atoms with Crippen molar-refractivity contribution in [3.8, 4) is 17.6 Å². The van der Waals surface area contributed by atoms with Crippen molar-refractivity contribution < 1.29 is 24.2 Å². The van der Waals surface area contributed by atoms with E-state index >= 15 is 0 Å². The molecule has 3 atom stereocenters. The summed E-state index contributed by atoms with van der Waals surface area (Å²) >= 11 is 0. The number of rotatable bonds is 7. The van der Waals surface area contributed by atoms with Crippen molar-refractivity contribution in [3.05, 3.63) is 72.3 Å². The summed E-state index contributed by atoms with van der Waals surface area (Å²) < 4.78 is 11.2. The predicted molar refractivity (Wildman–Crippen MR) is 105 cm³/mol. The zero-order valence-corrected chi connectivity index (χ0v) is 16.1. The van der Waals surface area contributed by atoms with E-state index in [0.29, 0.717) is 17.1 Å². The predicted octanol–water partition coefficient (Wildman–Crippen LogP) is 4.50. The lowest BCUT2D eigenvalue weighted by molar-refractivity contribution is -0.149. The van der Waals surface area contributed by atoms with Gasteiger partial charge in [0.2, 0.25) is 6.10 Å². The molecule has 6 heteroatoms. The lowest BCUT2D eigenvalue weighted by atomic mass is 10.1. The Morgan fingerprint density at radius 3 is 2.48 bits per heavy atom. The molecule has 3 rings (SSSR count). The fraction of sp³-hybridized carbons (Fsp3) is 0.261. The normalized spacial score (nSPS) is 20.4. The van der Waals surface area contributed by atoms with Crippen LogP contribution in [-0.2, 0) is 14.3 Å². The van der Waals surface area contributed by atoms with Crippen LogP contribution in [0.5, 0.6) is 11.5 Å². The van der Waals surface area contributed by atoms with Crippen molar-refractivity contribution in [1.82, 2.24) is 0 Å². The SMILES string of the molecule is CC1(C)[C@H](C(=O)O[C@@H](C#N)c2cccc(Oc3ccccc3)c2)[C@@H]1C=CC(=O)O. The van der Waals surface area contributed by atoms with Gasteiger partial charge in [-0.2, -0.15) is 5.26 Å². The molecular weight excluding hydrogens is 370 g/mol. The summed E-state index contributed by atoms with van der Waals surface area (Å²) in [6, 6.07) is 18.1. The molecule has 0 saturated heterocycles.